The van der Waals surface area contributed by atoms with E-state index in [0.717, 1.165) is 25.1 Å². The summed E-state index contributed by atoms with van der Waals surface area (Å²) in [4.78, 5) is 14.8. The number of likely N-dealkylation sites (tertiary alicyclic amines) is 1. The fourth-order valence-corrected chi connectivity index (χ4v) is 4.03. The van der Waals surface area contributed by atoms with E-state index in [9.17, 15) is 4.79 Å². The van der Waals surface area contributed by atoms with Crippen LogP contribution in [0.25, 0.3) is 0 Å². The van der Waals surface area contributed by atoms with Gasteiger partial charge in [-0.05, 0) is 87.7 Å². The minimum absolute atomic E-state index is 0.0510. The maximum atomic E-state index is 12.3. The quantitative estimate of drug-likeness (QED) is 0.863. The molecule has 2 N–H and O–H groups in total. The van der Waals surface area contributed by atoms with Crippen molar-refractivity contribution in [1.82, 2.24) is 10.2 Å². The lowest BCUT2D eigenvalue weighted by Gasteiger charge is -2.31. The van der Waals surface area contributed by atoms with Crippen LogP contribution < -0.4 is 10.6 Å². The number of benzene rings is 1. The molecule has 1 aliphatic carbocycles. The zero-order valence-electron chi connectivity index (χ0n) is 14.9. The first-order valence-electron chi connectivity index (χ1n) is 9.64. The normalized spacial score (nSPS) is 18.9. The topological polar surface area (TPSA) is 44.4 Å². The second kappa shape index (κ2) is 8.52. The maximum absolute atomic E-state index is 12.3. The molecule has 4 heteroatoms. The molecule has 1 heterocycles. The van der Waals surface area contributed by atoms with Gasteiger partial charge in [-0.3, -0.25) is 0 Å². The number of carbonyl (C=O) groups excluding carboxylic acids is 1. The summed E-state index contributed by atoms with van der Waals surface area (Å²) in [5.41, 5.74) is 3.75. The highest BCUT2D eigenvalue weighted by Crippen LogP contribution is 2.27. The molecule has 0 unspecified atom stereocenters. The molecule has 3 rings (SSSR count). The summed E-state index contributed by atoms with van der Waals surface area (Å²) in [6, 6.07) is 6.24. The number of piperidine rings is 1. The van der Waals surface area contributed by atoms with Gasteiger partial charge in [0.2, 0.25) is 0 Å². The van der Waals surface area contributed by atoms with Crippen molar-refractivity contribution < 1.29 is 4.79 Å². The smallest absolute Gasteiger partial charge is 0.319 e. The molecule has 0 bridgehead atoms. The van der Waals surface area contributed by atoms with Crippen molar-refractivity contribution in [2.75, 3.05) is 31.5 Å². The van der Waals surface area contributed by atoms with Crippen LogP contribution in [0.1, 0.15) is 50.2 Å². The summed E-state index contributed by atoms with van der Waals surface area (Å²) in [6.07, 6.45) is 8.34. The molecule has 1 saturated heterocycles. The van der Waals surface area contributed by atoms with E-state index >= 15 is 0 Å². The van der Waals surface area contributed by atoms with Gasteiger partial charge in [-0.15, -0.1) is 0 Å². The number of nitrogens with one attached hydrogen (secondary N) is 2. The van der Waals surface area contributed by atoms with Crippen LogP contribution in [0.3, 0.4) is 0 Å². The molecule has 1 aromatic carbocycles. The Morgan fingerprint density at radius 1 is 1.21 bits per heavy atom. The highest BCUT2D eigenvalue weighted by Gasteiger charge is 2.19. The second-order valence-corrected chi connectivity index (χ2v) is 7.27. The van der Waals surface area contributed by atoms with E-state index in [-0.39, 0.29) is 6.03 Å². The Balaban J connectivity index is 1.45. The van der Waals surface area contributed by atoms with E-state index in [4.69, 9.17) is 0 Å². The van der Waals surface area contributed by atoms with Crippen molar-refractivity contribution in [3.8, 4) is 0 Å². The Bertz CT molecular complexity index is 550. The van der Waals surface area contributed by atoms with Crippen LogP contribution in [0, 0.1) is 5.92 Å². The summed E-state index contributed by atoms with van der Waals surface area (Å²) in [6.45, 7) is 6.59. The maximum Gasteiger partial charge on any atom is 0.319 e. The van der Waals surface area contributed by atoms with Gasteiger partial charge in [0.1, 0.15) is 0 Å². The van der Waals surface area contributed by atoms with Crippen LogP contribution in [0.2, 0.25) is 0 Å². The fourth-order valence-electron chi connectivity index (χ4n) is 4.03. The number of amides is 2. The van der Waals surface area contributed by atoms with E-state index in [2.05, 4.69) is 34.6 Å². The number of fused-ring (bicyclic) bond motifs is 1. The number of hydrogen-bond acceptors (Lipinski definition) is 2. The Morgan fingerprint density at radius 3 is 2.79 bits per heavy atom. The lowest BCUT2D eigenvalue weighted by Crippen LogP contribution is -2.40. The number of carbonyl (C=O) groups is 1. The first kappa shape index (κ1) is 17.3. The number of hydrogen-bond donors (Lipinski definition) is 2. The summed E-state index contributed by atoms with van der Waals surface area (Å²) in [7, 11) is 0. The third kappa shape index (κ3) is 4.50. The van der Waals surface area contributed by atoms with Crippen molar-refractivity contribution in [2.45, 2.75) is 51.9 Å². The summed E-state index contributed by atoms with van der Waals surface area (Å²) < 4.78 is 0. The zero-order valence-corrected chi connectivity index (χ0v) is 14.9. The van der Waals surface area contributed by atoms with E-state index in [1.54, 1.807) is 0 Å². The SMILES string of the molecule is CCCN1CCC(CNC(=O)Nc2cccc3c2CCCC3)CC1. The third-order valence-corrected chi connectivity index (χ3v) is 5.44. The number of aryl methyl sites for hydroxylation is 1. The highest BCUT2D eigenvalue weighted by molar-refractivity contribution is 5.90. The number of rotatable bonds is 5. The summed E-state index contributed by atoms with van der Waals surface area (Å²) in [5.74, 6) is 0.619. The average molecular weight is 329 g/mol. The monoisotopic (exact) mass is 329 g/mol. The minimum Gasteiger partial charge on any atom is -0.338 e. The molecule has 24 heavy (non-hydrogen) atoms. The lowest BCUT2D eigenvalue weighted by molar-refractivity contribution is 0.182. The van der Waals surface area contributed by atoms with Gasteiger partial charge in [-0.2, -0.15) is 0 Å². The minimum atomic E-state index is -0.0510. The average Bonchev–Trinajstić information content (AvgIpc) is 2.62. The molecule has 0 saturated carbocycles. The molecule has 1 aliphatic heterocycles. The fraction of sp³-hybridized carbons (Fsp3) is 0.650. The van der Waals surface area contributed by atoms with Gasteiger partial charge in [0.05, 0.1) is 0 Å². The molecular weight excluding hydrogens is 298 g/mol. The Hall–Kier alpha value is -1.55. The lowest BCUT2D eigenvalue weighted by atomic mass is 9.90. The zero-order chi connectivity index (χ0) is 16.8. The molecule has 0 spiro atoms. The molecule has 2 aliphatic rings. The van der Waals surface area contributed by atoms with Crippen LogP contribution >= 0.6 is 0 Å². The van der Waals surface area contributed by atoms with Crippen LogP contribution in [-0.2, 0) is 12.8 Å². The first-order valence-corrected chi connectivity index (χ1v) is 9.64. The summed E-state index contributed by atoms with van der Waals surface area (Å²) >= 11 is 0. The Morgan fingerprint density at radius 2 is 2.00 bits per heavy atom. The molecule has 2 amide bonds. The van der Waals surface area contributed by atoms with E-state index in [1.165, 1.54) is 62.9 Å². The second-order valence-electron chi connectivity index (χ2n) is 7.27. The number of anilines is 1. The van der Waals surface area contributed by atoms with Gasteiger partial charge in [-0.25, -0.2) is 4.79 Å². The highest BCUT2D eigenvalue weighted by atomic mass is 16.2. The van der Waals surface area contributed by atoms with Crippen LogP contribution in [0.4, 0.5) is 10.5 Å². The molecule has 0 atom stereocenters. The van der Waals surface area contributed by atoms with Crippen LogP contribution in [-0.4, -0.2) is 37.1 Å². The third-order valence-electron chi connectivity index (χ3n) is 5.44. The summed E-state index contributed by atoms with van der Waals surface area (Å²) in [5, 5.41) is 6.16. The first-order chi connectivity index (χ1) is 11.8. The Kier molecular flexibility index (Phi) is 6.13. The van der Waals surface area contributed by atoms with E-state index in [0.29, 0.717) is 5.92 Å². The van der Waals surface area contributed by atoms with Gasteiger partial charge < -0.3 is 15.5 Å². The van der Waals surface area contributed by atoms with Gasteiger partial charge in [-0.1, -0.05) is 19.1 Å². The van der Waals surface area contributed by atoms with Gasteiger partial charge in [0.15, 0.2) is 0 Å². The van der Waals surface area contributed by atoms with Crippen molar-refractivity contribution in [1.29, 1.82) is 0 Å². The molecule has 0 aromatic heterocycles. The van der Waals surface area contributed by atoms with E-state index < -0.39 is 0 Å². The van der Waals surface area contributed by atoms with E-state index in [1.807, 2.05) is 6.07 Å². The van der Waals surface area contributed by atoms with Crippen LogP contribution in [0.15, 0.2) is 18.2 Å². The van der Waals surface area contributed by atoms with Crippen molar-refractivity contribution in [2.24, 2.45) is 5.92 Å². The number of nitrogens with zero attached hydrogens (tertiary/aromatic N) is 1. The van der Waals surface area contributed by atoms with Crippen molar-refractivity contribution >= 4 is 11.7 Å². The standard InChI is InChI=1S/C20H31N3O/c1-2-12-23-13-10-16(11-14-23)15-21-20(24)22-19-9-5-7-17-6-3-4-8-18(17)19/h5,7,9,16H,2-4,6,8,10-15H2,1H3,(H2,21,22,24). The van der Waals surface area contributed by atoms with Crippen LogP contribution in [0.5, 0.6) is 0 Å². The van der Waals surface area contributed by atoms with Gasteiger partial charge >= 0.3 is 6.03 Å². The Labute approximate surface area is 146 Å². The van der Waals surface area contributed by atoms with Crippen molar-refractivity contribution in [3.63, 3.8) is 0 Å². The van der Waals surface area contributed by atoms with Gasteiger partial charge in [0, 0.05) is 12.2 Å². The molecule has 0 radical (unpaired) electrons. The van der Waals surface area contributed by atoms with Gasteiger partial charge in [0.25, 0.3) is 0 Å². The number of urea groups is 1. The molecular formula is C20H31N3O. The molecule has 1 fully saturated rings. The molecule has 1 aromatic rings. The molecule has 4 nitrogen and oxygen atoms in total. The predicted molar refractivity (Wildman–Crippen MR) is 99.6 cm³/mol. The predicted octanol–water partition coefficient (Wildman–Crippen LogP) is 3.81. The van der Waals surface area contributed by atoms with Crippen molar-refractivity contribution in [3.05, 3.63) is 29.3 Å². The molecule has 132 valence electrons. The largest absolute Gasteiger partial charge is 0.338 e.